The highest BCUT2D eigenvalue weighted by atomic mass is 19.1. The summed E-state index contributed by atoms with van der Waals surface area (Å²) in [6.07, 6.45) is 4.20. The molecular formula is C24H32FN5O2. The van der Waals surface area contributed by atoms with E-state index in [0.29, 0.717) is 36.9 Å². The molecule has 0 saturated carbocycles. The highest BCUT2D eigenvalue weighted by Crippen LogP contribution is 2.40. The molecule has 8 heteroatoms. The van der Waals surface area contributed by atoms with Crippen LogP contribution in [0.5, 0.6) is 0 Å². The standard InChI is InChI=1S/C24H32FN5O2/c1-29-20-14-17(2-3-18(20)22(28-29)19-4-5-21(31)27-23(19)32)24(25)8-12-30(13-9-24)15-16-6-10-26-11-7-16/h2-3,14,16,19,26H,4-13,15H2,1H3,(H,27,31,32). The van der Waals surface area contributed by atoms with Crippen molar-refractivity contribution in [1.29, 1.82) is 0 Å². The fourth-order valence-electron chi connectivity index (χ4n) is 5.58. The molecule has 3 aliphatic heterocycles. The van der Waals surface area contributed by atoms with Crippen LogP contribution in [0.4, 0.5) is 4.39 Å². The third-order valence-electron chi connectivity index (χ3n) is 7.59. The van der Waals surface area contributed by atoms with Crippen LogP contribution in [-0.2, 0) is 22.3 Å². The van der Waals surface area contributed by atoms with Crippen molar-refractivity contribution >= 4 is 22.7 Å². The minimum Gasteiger partial charge on any atom is -0.317 e. The van der Waals surface area contributed by atoms with E-state index in [9.17, 15) is 9.59 Å². The lowest BCUT2D eigenvalue weighted by atomic mass is 9.84. The number of nitrogens with one attached hydrogen (secondary N) is 2. The number of carbonyl (C=O) groups is 2. The van der Waals surface area contributed by atoms with Gasteiger partial charge in [-0.15, -0.1) is 0 Å². The molecule has 3 saturated heterocycles. The van der Waals surface area contributed by atoms with Gasteiger partial charge in [0.1, 0.15) is 5.67 Å². The topological polar surface area (TPSA) is 79.3 Å². The normalized spacial score (nSPS) is 25.2. The van der Waals surface area contributed by atoms with Gasteiger partial charge in [0.05, 0.1) is 17.1 Å². The summed E-state index contributed by atoms with van der Waals surface area (Å²) in [5.41, 5.74) is 0.863. The first-order chi connectivity index (χ1) is 15.4. The number of halogens is 1. The molecule has 5 rings (SSSR count). The molecular weight excluding hydrogens is 409 g/mol. The first kappa shape index (κ1) is 21.5. The number of carbonyl (C=O) groups excluding carboxylic acids is 2. The molecule has 2 N–H and O–H groups in total. The second-order valence-corrected chi connectivity index (χ2v) is 9.70. The van der Waals surface area contributed by atoms with E-state index in [1.165, 1.54) is 12.8 Å². The van der Waals surface area contributed by atoms with Crippen LogP contribution in [0.2, 0.25) is 0 Å². The number of rotatable bonds is 4. The predicted octanol–water partition coefficient (Wildman–Crippen LogP) is 2.35. The first-order valence-corrected chi connectivity index (χ1v) is 11.9. The summed E-state index contributed by atoms with van der Waals surface area (Å²) >= 11 is 0. The van der Waals surface area contributed by atoms with Crippen molar-refractivity contribution in [3.63, 3.8) is 0 Å². The number of fused-ring (bicyclic) bond motifs is 1. The van der Waals surface area contributed by atoms with Crippen LogP contribution >= 0.6 is 0 Å². The number of piperidine rings is 3. The van der Waals surface area contributed by atoms with E-state index in [1.807, 2.05) is 25.2 Å². The summed E-state index contributed by atoms with van der Waals surface area (Å²) in [5, 5.41) is 11.3. The lowest BCUT2D eigenvalue weighted by Gasteiger charge is -2.39. The SMILES string of the molecule is Cn1nc(C2CCC(=O)NC2=O)c2ccc(C3(F)CCN(CC4CCNCC4)CC3)cc21. The van der Waals surface area contributed by atoms with Gasteiger partial charge in [-0.3, -0.25) is 19.6 Å². The molecule has 0 spiro atoms. The number of benzene rings is 1. The molecule has 1 unspecified atom stereocenters. The van der Waals surface area contributed by atoms with Crippen molar-refractivity contribution in [3.8, 4) is 0 Å². The molecule has 4 heterocycles. The highest BCUT2D eigenvalue weighted by Gasteiger charge is 2.38. The van der Waals surface area contributed by atoms with Crippen molar-refractivity contribution in [3.05, 3.63) is 29.5 Å². The third-order valence-corrected chi connectivity index (χ3v) is 7.59. The number of imide groups is 1. The molecule has 7 nitrogen and oxygen atoms in total. The van der Waals surface area contributed by atoms with Gasteiger partial charge >= 0.3 is 0 Å². The maximum atomic E-state index is 16.0. The molecule has 2 aromatic rings. The van der Waals surface area contributed by atoms with Gasteiger partial charge in [-0.25, -0.2) is 4.39 Å². The second-order valence-electron chi connectivity index (χ2n) is 9.70. The zero-order valence-corrected chi connectivity index (χ0v) is 18.7. The van der Waals surface area contributed by atoms with Crippen LogP contribution in [0.25, 0.3) is 10.9 Å². The Morgan fingerprint density at radius 2 is 1.91 bits per heavy atom. The van der Waals surface area contributed by atoms with Gasteiger partial charge in [-0.05, 0) is 62.7 Å². The monoisotopic (exact) mass is 441 g/mol. The summed E-state index contributed by atoms with van der Waals surface area (Å²) in [6, 6.07) is 5.67. The third kappa shape index (κ3) is 4.06. The average molecular weight is 442 g/mol. The Balaban J connectivity index is 1.32. The van der Waals surface area contributed by atoms with Crippen LogP contribution in [0, 0.1) is 5.92 Å². The Bertz CT molecular complexity index is 1020. The molecule has 1 atom stereocenters. The molecule has 1 aromatic carbocycles. The number of hydrogen-bond donors (Lipinski definition) is 2. The van der Waals surface area contributed by atoms with Gasteiger partial charge < -0.3 is 10.2 Å². The fourth-order valence-corrected chi connectivity index (χ4v) is 5.58. The lowest BCUT2D eigenvalue weighted by molar-refractivity contribution is -0.134. The van der Waals surface area contributed by atoms with Crippen molar-refractivity contribution in [2.45, 2.75) is 50.1 Å². The quantitative estimate of drug-likeness (QED) is 0.712. The van der Waals surface area contributed by atoms with Crippen molar-refractivity contribution in [2.24, 2.45) is 13.0 Å². The summed E-state index contributed by atoms with van der Waals surface area (Å²) in [6.45, 7) is 4.83. The van der Waals surface area contributed by atoms with Gasteiger partial charge in [-0.2, -0.15) is 5.10 Å². The maximum Gasteiger partial charge on any atom is 0.235 e. The average Bonchev–Trinajstić information content (AvgIpc) is 3.12. The summed E-state index contributed by atoms with van der Waals surface area (Å²) in [4.78, 5) is 26.3. The zero-order chi connectivity index (χ0) is 22.3. The smallest absolute Gasteiger partial charge is 0.235 e. The summed E-state index contributed by atoms with van der Waals surface area (Å²) in [5.74, 6) is -0.257. The Labute approximate surface area is 187 Å². The molecule has 1 aromatic heterocycles. The second kappa shape index (κ2) is 8.56. The van der Waals surface area contributed by atoms with Crippen molar-refractivity contribution < 1.29 is 14.0 Å². The number of amides is 2. The van der Waals surface area contributed by atoms with E-state index in [-0.39, 0.29) is 11.8 Å². The van der Waals surface area contributed by atoms with E-state index in [4.69, 9.17) is 0 Å². The number of alkyl halides is 1. The fraction of sp³-hybridized carbons (Fsp3) is 0.625. The molecule has 0 aliphatic carbocycles. The minimum absolute atomic E-state index is 0.236. The van der Waals surface area contributed by atoms with Gasteiger partial charge in [0.25, 0.3) is 0 Å². The Morgan fingerprint density at radius 1 is 1.16 bits per heavy atom. The van der Waals surface area contributed by atoms with Crippen LogP contribution < -0.4 is 10.6 Å². The molecule has 2 amide bonds. The number of nitrogens with zero attached hydrogens (tertiary/aromatic N) is 3. The summed E-state index contributed by atoms with van der Waals surface area (Å²) in [7, 11) is 1.83. The molecule has 3 aliphatic rings. The predicted molar refractivity (Wildman–Crippen MR) is 120 cm³/mol. The van der Waals surface area contributed by atoms with Crippen LogP contribution in [0.1, 0.15) is 55.7 Å². The van der Waals surface area contributed by atoms with Crippen LogP contribution in [-0.4, -0.2) is 59.2 Å². The van der Waals surface area contributed by atoms with Gasteiger partial charge in [0, 0.05) is 38.5 Å². The van der Waals surface area contributed by atoms with E-state index < -0.39 is 11.6 Å². The number of hydrogen-bond acceptors (Lipinski definition) is 5. The molecule has 3 fully saturated rings. The van der Waals surface area contributed by atoms with E-state index in [0.717, 1.165) is 49.5 Å². The molecule has 32 heavy (non-hydrogen) atoms. The molecule has 172 valence electrons. The molecule has 0 bridgehead atoms. The number of likely N-dealkylation sites (tertiary alicyclic amines) is 1. The van der Waals surface area contributed by atoms with E-state index >= 15 is 4.39 Å². The Kier molecular flexibility index (Phi) is 5.75. The number of aromatic nitrogens is 2. The maximum absolute atomic E-state index is 16.0. The van der Waals surface area contributed by atoms with Crippen LogP contribution in [0.3, 0.4) is 0 Å². The van der Waals surface area contributed by atoms with Gasteiger partial charge in [0.2, 0.25) is 11.8 Å². The van der Waals surface area contributed by atoms with E-state index in [2.05, 4.69) is 20.6 Å². The summed E-state index contributed by atoms with van der Waals surface area (Å²) < 4.78 is 17.7. The largest absolute Gasteiger partial charge is 0.317 e. The first-order valence-electron chi connectivity index (χ1n) is 11.9. The zero-order valence-electron chi connectivity index (χ0n) is 18.7. The van der Waals surface area contributed by atoms with Crippen molar-refractivity contribution in [1.82, 2.24) is 25.3 Å². The van der Waals surface area contributed by atoms with E-state index in [1.54, 1.807) is 4.68 Å². The van der Waals surface area contributed by atoms with Gasteiger partial charge in [-0.1, -0.05) is 12.1 Å². The lowest BCUT2D eigenvalue weighted by Crippen LogP contribution is -2.43. The molecule has 0 radical (unpaired) electrons. The van der Waals surface area contributed by atoms with Gasteiger partial charge in [0.15, 0.2) is 0 Å². The Hall–Kier alpha value is -2.32. The number of aryl methyl sites for hydroxylation is 1. The minimum atomic E-state index is -1.34. The highest BCUT2D eigenvalue weighted by molar-refractivity contribution is 6.02. The Morgan fingerprint density at radius 3 is 2.62 bits per heavy atom. The van der Waals surface area contributed by atoms with Crippen molar-refractivity contribution in [2.75, 3.05) is 32.7 Å². The van der Waals surface area contributed by atoms with Crippen LogP contribution in [0.15, 0.2) is 18.2 Å².